The summed E-state index contributed by atoms with van der Waals surface area (Å²) < 4.78 is 35.2. The van der Waals surface area contributed by atoms with E-state index in [-0.39, 0.29) is 0 Å². The number of aromatic nitrogens is 2. The Morgan fingerprint density at radius 2 is 1.75 bits per heavy atom. The summed E-state index contributed by atoms with van der Waals surface area (Å²) in [7, 11) is 1.66. The molecule has 1 aromatic heterocycles. The molecule has 0 N–H and O–H groups in total. The molecule has 6 heteroatoms. The molecule has 0 fully saturated rings. The lowest BCUT2D eigenvalue weighted by atomic mass is 10.1. The molecule has 1 aliphatic rings. The molecule has 0 amide bonds. The van der Waals surface area contributed by atoms with Gasteiger partial charge >= 0.3 is 0 Å². The quantitative estimate of drug-likeness (QED) is 0.416. The van der Waals surface area contributed by atoms with Crippen LogP contribution in [0.1, 0.15) is 25.1 Å². The largest absolute Gasteiger partial charge is 0.497 e. The summed E-state index contributed by atoms with van der Waals surface area (Å²) in [5.74, 6) is -0.318. The molecule has 4 rings (SSSR count). The van der Waals surface area contributed by atoms with Crippen molar-refractivity contribution in [1.82, 2.24) is 4.57 Å². The first kappa shape index (κ1) is 19.0. The number of fused-ring (bicyclic) bond motifs is 1. The molecule has 146 valence electrons. The van der Waals surface area contributed by atoms with Crippen molar-refractivity contribution in [3.63, 3.8) is 0 Å². The lowest BCUT2D eigenvalue weighted by Gasteiger charge is -2.07. The number of nitrogens with zero attached hydrogens (tertiary/aromatic N) is 2. The summed E-state index contributed by atoms with van der Waals surface area (Å²) in [6.07, 6.45) is 6.77. The number of rotatable bonds is 5. The summed E-state index contributed by atoms with van der Waals surface area (Å²) >= 11 is 0.579. The minimum absolute atomic E-state index is 0.579. The van der Waals surface area contributed by atoms with E-state index in [1.165, 1.54) is 18.7 Å². The van der Waals surface area contributed by atoms with Crippen LogP contribution in [0, 0.1) is 0 Å². The molecule has 0 radical (unpaired) electrons. The molecule has 0 aliphatic carbocycles. The minimum atomic E-state index is -2.40. The average Bonchev–Trinajstić information content (AvgIpc) is 2.90. The number of imidazole rings is 1. The Morgan fingerprint density at radius 3 is 2.43 bits per heavy atom. The van der Waals surface area contributed by atoms with Crippen LogP contribution in [-0.2, 0) is 13.0 Å². The molecule has 3 nitrogen and oxygen atoms in total. The molecule has 2 aromatic carbocycles. The first-order valence-electron chi connectivity index (χ1n) is 9.49. The second-order valence-corrected chi connectivity index (χ2v) is 7.93. The van der Waals surface area contributed by atoms with Crippen LogP contribution in [0.2, 0.25) is 0 Å². The predicted molar refractivity (Wildman–Crippen MR) is 107 cm³/mol. The van der Waals surface area contributed by atoms with E-state index in [1.807, 2.05) is 24.3 Å². The predicted octanol–water partition coefficient (Wildman–Crippen LogP) is 5.48. The zero-order valence-electron chi connectivity index (χ0n) is 15.8. The fraction of sp³-hybridized carbons (Fsp3) is 0.318. The zero-order valence-corrected chi connectivity index (χ0v) is 16.6. The van der Waals surface area contributed by atoms with Crippen molar-refractivity contribution in [2.45, 2.75) is 42.9 Å². The third-order valence-electron chi connectivity index (χ3n) is 5.11. The number of ether oxygens (including phenoxy) is 1. The Labute approximate surface area is 168 Å². The van der Waals surface area contributed by atoms with Gasteiger partial charge in [0.2, 0.25) is 0 Å². The molecular formula is C22H23F2N2OS+. The van der Waals surface area contributed by atoms with E-state index in [2.05, 4.69) is 27.5 Å². The molecule has 0 spiro atoms. The monoisotopic (exact) mass is 401 g/mol. The third-order valence-corrected chi connectivity index (χ3v) is 5.84. The SMILES string of the molecule is COc1ccc(-c2c[n+]3c(n2-c2ccc(SC(F)F)cc2)CCCCC3)cc1. The van der Waals surface area contributed by atoms with Crippen LogP contribution in [-0.4, -0.2) is 17.4 Å². The topological polar surface area (TPSA) is 18.0 Å². The summed E-state index contributed by atoms with van der Waals surface area (Å²) in [6.45, 7) is 1.00. The summed E-state index contributed by atoms with van der Waals surface area (Å²) in [5.41, 5.74) is 3.21. The highest BCUT2D eigenvalue weighted by Gasteiger charge is 2.27. The number of methoxy groups -OCH3 is 1. The second kappa shape index (κ2) is 8.35. The van der Waals surface area contributed by atoms with Crippen molar-refractivity contribution in [3.05, 3.63) is 60.6 Å². The fourth-order valence-corrected chi connectivity index (χ4v) is 4.27. The van der Waals surface area contributed by atoms with Crippen molar-refractivity contribution in [2.24, 2.45) is 0 Å². The van der Waals surface area contributed by atoms with Crippen molar-refractivity contribution in [2.75, 3.05) is 7.11 Å². The highest BCUT2D eigenvalue weighted by atomic mass is 32.2. The van der Waals surface area contributed by atoms with Gasteiger partial charge in [-0.1, -0.05) is 11.8 Å². The van der Waals surface area contributed by atoms with E-state index >= 15 is 0 Å². The molecule has 0 atom stereocenters. The first-order chi connectivity index (χ1) is 13.7. The standard InChI is InChI=1S/C22H23F2N2OS/c1-27-18-10-6-16(7-11-18)20-15-25-14-4-2-3-5-21(25)26(20)17-8-12-19(13-9-17)28-22(23)24/h6-13,15,22H,2-5,14H2,1H3/q+1. The van der Waals surface area contributed by atoms with E-state index in [9.17, 15) is 8.78 Å². The van der Waals surface area contributed by atoms with Gasteiger partial charge in [-0.05, 0) is 67.8 Å². The maximum absolute atomic E-state index is 12.7. The number of aryl methyl sites for hydroxylation is 1. The molecule has 2 heterocycles. The van der Waals surface area contributed by atoms with Crippen LogP contribution in [0.5, 0.6) is 5.75 Å². The number of alkyl halides is 2. The van der Waals surface area contributed by atoms with Gasteiger partial charge in [0, 0.05) is 16.9 Å². The van der Waals surface area contributed by atoms with Crippen molar-refractivity contribution >= 4 is 11.8 Å². The second-order valence-electron chi connectivity index (χ2n) is 6.87. The van der Waals surface area contributed by atoms with Gasteiger partial charge in [0.1, 0.15) is 17.6 Å². The van der Waals surface area contributed by atoms with Gasteiger partial charge in [-0.3, -0.25) is 0 Å². The Kier molecular flexibility index (Phi) is 5.67. The normalized spacial score (nSPS) is 14.0. The number of halogens is 2. The Balaban J connectivity index is 1.80. The Morgan fingerprint density at radius 1 is 1.00 bits per heavy atom. The lowest BCUT2D eigenvalue weighted by Crippen LogP contribution is -2.35. The molecular weight excluding hydrogens is 378 g/mol. The van der Waals surface area contributed by atoms with Crippen LogP contribution >= 0.6 is 11.8 Å². The van der Waals surface area contributed by atoms with Gasteiger partial charge in [0.05, 0.1) is 13.7 Å². The van der Waals surface area contributed by atoms with E-state index in [4.69, 9.17) is 4.74 Å². The molecule has 0 saturated heterocycles. The van der Waals surface area contributed by atoms with Gasteiger partial charge < -0.3 is 4.74 Å². The van der Waals surface area contributed by atoms with Crippen LogP contribution in [0.4, 0.5) is 8.78 Å². The Hall–Kier alpha value is -2.34. The van der Waals surface area contributed by atoms with Crippen LogP contribution < -0.4 is 9.30 Å². The average molecular weight is 402 g/mol. The van der Waals surface area contributed by atoms with E-state index in [0.29, 0.717) is 16.7 Å². The molecule has 3 aromatic rings. The Bertz CT molecular complexity index is 936. The first-order valence-corrected chi connectivity index (χ1v) is 10.4. The molecule has 0 saturated carbocycles. The van der Waals surface area contributed by atoms with Crippen molar-refractivity contribution in [3.8, 4) is 22.7 Å². The summed E-state index contributed by atoms with van der Waals surface area (Å²) in [4.78, 5) is 0.579. The highest BCUT2D eigenvalue weighted by Crippen LogP contribution is 2.30. The van der Waals surface area contributed by atoms with Gasteiger partial charge in [-0.25, -0.2) is 4.57 Å². The minimum Gasteiger partial charge on any atom is -0.497 e. The highest BCUT2D eigenvalue weighted by molar-refractivity contribution is 7.99. The van der Waals surface area contributed by atoms with E-state index in [0.717, 1.165) is 42.1 Å². The number of thioether (sulfide) groups is 1. The zero-order chi connectivity index (χ0) is 19.5. The maximum atomic E-state index is 12.7. The summed E-state index contributed by atoms with van der Waals surface area (Å²) in [6, 6.07) is 15.5. The van der Waals surface area contributed by atoms with Gasteiger partial charge in [-0.2, -0.15) is 13.3 Å². The van der Waals surface area contributed by atoms with Crippen LogP contribution in [0.3, 0.4) is 0 Å². The molecule has 28 heavy (non-hydrogen) atoms. The van der Waals surface area contributed by atoms with E-state index < -0.39 is 5.76 Å². The third kappa shape index (κ3) is 3.92. The number of benzene rings is 2. The maximum Gasteiger partial charge on any atom is 0.288 e. The van der Waals surface area contributed by atoms with E-state index in [1.54, 1.807) is 19.2 Å². The molecule has 1 aliphatic heterocycles. The van der Waals surface area contributed by atoms with Crippen LogP contribution in [0.15, 0.2) is 59.6 Å². The number of hydrogen-bond donors (Lipinski definition) is 0. The smallest absolute Gasteiger partial charge is 0.288 e. The summed E-state index contributed by atoms with van der Waals surface area (Å²) in [5, 5.41) is 0. The van der Waals surface area contributed by atoms with Crippen molar-refractivity contribution < 1.29 is 18.1 Å². The van der Waals surface area contributed by atoms with Crippen molar-refractivity contribution in [1.29, 1.82) is 0 Å². The lowest BCUT2D eigenvalue weighted by molar-refractivity contribution is -0.702. The van der Waals surface area contributed by atoms with Gasteiger partial charge in [0.15, 0.2) is 5.69 Å². The number of hydrogen-bond acceptors (Lipinski definition) is 2. The van der Waals surface area contributed by atoms with Gasteiger partial charge in [-0.15, -0.1) is 0 Å². The van der Waals surface area contributed by atoms with Crippen LogP contribution in [0.25, 0.3) is 16.9 Å². The molecule has 0 unspecified atom stereocenters. The van der Waals surface area contributed by atoms with Gasteiger partial charge in [0.25, 0.3) is 11.6 Å². The fourth-order valence-electron chi connectivity index (χ4n) is 3.77. The molecule has 0 bridgehead atoms.